The molecule has 0 atom stereocenters. The standard InChI is InChI=1S/C12H14ClNO2/c13-10-7-8(5-6-11(10)15)12(16)14-9-3-1-2-4-9/h5-7,9,15H,1-4H2,(H,14,16). The molecule has 0 bridgehead atoms. The van der Waals surface area contributed by atoms with Crippen molar-refractivity contribution in [3.05, 3.63) is 28.8 Å². The Hall–Kier alpha value is -1.22. The average molecular weight is 240 g/mol. The largest absolute Gasteiger partial charge is 0.506 e. The van der Waals surface area contributed by atoms with Crippen LogP contribution in [0.3, 0.4) is 0 Å². The summed E-state index contributed by atoms with van der Waals surface area (Å²) in [7, 11) is 0. The number of phenolic OH excluding ortho intramolecular Hbond substituents is 1. The highest BCUT2D eigenvalue weighted by atomic mass is 35.5. The van der Waals surface area contributed by atoms with Crippen molar-refractivity contribution >= 4 is 17.5 Å². The number of amides is 1. The van der Waals surface area contributed by atoms with Gasteiger partial charge in [-0.05, 0) is 31.0 Å². The summed E-state index contributed by atoms with van der Waals surface area (Å²) in [4.78, 5) is 11.8. The van der Waals surface area contributed by atoms with E-state index in [0.717, 1.165) is 12.8 Å². The SMILES string of the molecule is O=C(NC1CCCC1)c1ccc(O)c(Cl)c1. The first kappa shape index (κ1) is 11.3. The van der Waals surface area contributed by atoms with Crippen LogP contribution in [0.2, 0.25) is 5.02 Å². The molecule has 16 heavy (non-hydrogen) atoms. The van der Waals surface area contributed by atoms with Gasteiger partial charge in [-0.1, -0.05) is 24.4 Å². The molecule has 0 spiro atoms. The minimum absolute atomic E-state index is 0.000849. The van der Waals surface area contributed by atoms with Crippen molar-refractivity contribution in [2.24, 2.45) is 0 Å². The highest BCUT2D eigenvalue weighted by Gasteiger charge is 2.18. The lowest BCUT2D eigenvalue weighted by Gasteiger charge is -2.12. The third-order valence-electron chi connectivity index (χ3n) is 2.90. The van der Waals surface area contributed by atoms with E-state index in [-0.39, 0.29) is 16.7 Å². The van der Waals surface area contributed by atoms with E-state index in [1.807, 2.05) is 0 Å². The first-order chi connectivity index (χ1) is 7.66. The number of hydrogen-bond donors (Lipinski definition) is 2. The van der Waals surface area contributed by atoms with Crippen LogP contribution in [-0.2, 0) is 0 Å². The Labute approximate surface area is 99.4 Å². The van der Waals surface area contributed by atoms with E-state index in [2.05, 4.69) is 5.32 Å². The van der Waals surface area contributed by atoms with Gasteiger partial charge in [0.2, 0.25) is 0 Å². The van der Waals surface area contributed by atoms with Gasteiger partial charge in [0.15, 0.2) is 0 Å². The van der Waals surface area contributed by atoms with Crippen molar-refractivity contribution in [2.45, 2.75) is 31.7 Å². The normalized spacial score (nSPS) is 16.3. The minimum Gasteiger partial charge on any atom is -0.506 e. The second-order valence-corrected chi connectivity index (χ2v) is 4.53. The first-order valence-corrected chi connectivity index (χ1v) is 5.84. The van der Waals surface area contributed by atoms with Gasteiger partial charge < -0.3 is 10.4 Å². The Kier molecular flexibility index (Phi) is 3.34. The summed E-state index contributed by atoms with van der Waals surface area (Å²) in [6.45, 7) is 0. The van der Waals surface area contributed by atoms with Gasteiger partial charge in [-0.3, -0.25) is 4.79 Å². The molecule has 86 valence electrons. The molecule has 0 aliphatic heterocycles. The molecule has 1 fully saturated rings. The van der Waals surface area contributed by atoms with E-state index >= 15 is 0 Å². The van der Waals surface area contributed by atoms with Crippen LogP contribution in [-0.4, -0.2) is 17.1 Å². The lowest BCUT2D eigenvalue weighted by molar-refractivity contribution is 0.0938. The number of benzene rings is 1. The number of carbonyl (C=O) groups is 1. The maximum Gasteiger partial charge on any atom is 0.251 e. The molecule has 1 aromatic carbocycles. The van der Waals surface area contributed by atoms with Crippen molar-refractivity contribution in [1.29, 1.82) is 0 Å². The molecule has 0 unspecified atom stereocenters. The summed E-state index contributed by atoms with van der Waals surface area (Å²) >= 11 is 5.74. The zero-order valence-corrected chi connectivity index (χ0v) is 9.63. The number of aromatic hydroxyl groups is 1. The van der Waals surface area contributed by atoms with Gasteiger partial charge in [-0.25, -0.2) is 0 Å². The summed E-state index contributed by atoms with van der Waals surface area (Å²) in [5.41, 5.74) is 0.495. The van der Waals surface area contributed by atoms with Crippen LogP contribution < -0.4 is 5.32 Å². The molecule has 2 N–H and O–H groups in total. The summed E-state index contributed by atoms with van der Waals surface area (Å²) in [5, 5.41) is 12.4. The molecule has 0 aromatic heterocycles. The third kappa shape index (κ3) is 2.47. The Morgan fingerprint density at radius 3 is 2.69 bits per heavy atom. The third-order valence-corrected chi connectivity index (χ3v) is 3.20. The lowest BCUT2D eigenvalue weighted by atomic mass is 10.1. The van der Waals surface area contributed by atoms with E-state index in [9.17, 15) is 9.90 Å². The van der Waals surface area contributed by atoms with Gasteiger partial charge in [-0.2, -0.15) is 0 Å². The van der Waals surface area contributed by atoms with E-state index in [4.69, 9.17) is 11.6 Å². The molecule has 1 aromatic rings. The average Bonchev–Trinajstić information content (AvgIpc) is 2.74. The van der Waals surface area contributed by atoms with Crippen LogP contribution in [0.15, 0.2) is 18.2 Å². The molecule has 3 nitrogen and oxygen atoms in total. The molecular weight excluding hydrogens is 226 g/mol. The number of phenols is 1. The van der Waals surface area contributed by atoms with Crippen molar-refractivity contribution in [2.75, 3.05) is 0 Å². The second kappa shape index (κ2) is 4.74. The number of hydrogen-bond acceptors (Lipinski definition) is 2. The topological polar surface area (TPSA) is 49.3 Å². The monoisotopic (exact) mass is 239 g/mol. The molecule has 0 radical (unpaired) electrons. The van der Waals surface area contributed by atoms with Gasteiger partial charge in [0, 0.05) is 11.6 Å². The molecule has 1 saturated carbocycles. The fraction of sp³-hybridized carbons (Fsp3) is 0.417. The van der Waals surface area contributed by atoms with Crippen LogP contribution in [0.5, 0.6) is 5.75 Å². The molecular formula is C12H14ClNO2. The maximum atomic E-state index is 11.8. The molecule has 1 aliphatic carbocycles. The van der Waals surface area contributed by atoms with Gasteiger partial charge in [0.25, 0.3) is 5.91 Å². The quantitative estimate of drug-likeness (QED) is 0.834. The molecule has 0 heterocycles. The minimum atomic E-state index is -0.117. The summed E-state index contributed by atoms with van der Waals surface area (Å²) in [6, 6.07) is 4.79. The smallest absolute Gasteiger partial charge is 0.251 e. The van der Waals surface area contributed by atoms with Crippen molar-refractivity contribution in [3.8, 4) is 5.75 Å². The number of halogens is 1. The fourth-order valence-electron chi connectivity index (χ4n) is 1.99. The Bertz CT molecular complexity index is 400. The lowest BCUT2D eigenvalue weighted by Crippen LogP contribution is -2.32. The molecule has 0 saturated heterocycles. The van der Waals surface area contributed by atoms with E-state index < -0.39 is 0 Å². The summed E-state index contributed by atoms with van der Waals surface area (Å²) < 4.78 is 0. The van der Waals surface area contributed by atoms with Crippen molar-refractivity contribution in [1.82, 2.24) is 5.32 Å². The number of nitrogens with one attached hydrogen (secondary N) is 1. The van der Waals surface area contributed by atoms with Gasteiger partial charge in [-0.15, -0.1) is 0 Å². The van der Waals surface area contributed by atoms with Crippen molar-refractivity contribution in [3.63, 3.8) is 0 Å². The molecule has 1 amide bonds. The molecule has 1 aliphatic rings. The van der Waals surface area contributed by atoms with E-state index in [1.165, 1.54) is 25.0 Å². The predicted molar refractivity (Wildman–Crippen MR) is 62.8 cm³/mol. The van der Waals surface area contributed by atoms with Crippen LogP contribution >= 0.6 is 11.6 Å². The zero-order valence-electron chi connectivity index (χ0n) is 8.87. The van der Waals surface area contributed by atoms with Crippen LogP contribution in [0.4, 0.5) is 0 Å². The Morgan fingerprint density at radius 2 is 2.06 bits per heavy atom. The van der Waals surface area contributed by atoms with Gasteiger partial charge in [0.05, 0.1) is 5.02 Å². The highest BCUT2D eigenvalue weighted by molar-refractivity contribution is 6.32. The maximum absolute atomic E-state index is 11.8. The van der Waals surface area contributed by atoms with Gasteiger partial charge in [0.1, 0.15) is 5.75 Å². The van der Waals surface area contributed by atoms with E-state index in [1.54, 1.807) is 6.07 Å². The molecule has 2 rings (SSSR count). The van der Waals surface area contributed by atoms with Crippen molar-refractivity contribution < 1.29 is 9.90 Å². The highest BCUT2D eigenvalue weighted by Crippen LogP contribution is 2.24. The Balaban J connectivity index is 2.05. The number of carbonyl (C=O) groups excluding carboxylic acids is 1. The van der Waals surface area contributed by atoms with Crippen LogP contribution in [0.1, 0.15) is 36.0 Å². The van der Waals surface area contributed by atoms with Crippen LogP contribution in [0.25, 0.3) is 0 Å². The first-order valence-electron chi connectivity index (χ1n) is 5.46. The summed E-state index contributed by atoms with van der Waals surface area (Å²) in [6.07, 6.45) is 4.47. The van der Waals surface area contributed by atoms with E-state index in [0.29, 0.717) is 11.6 Å². The fourth-order valence-corrected chi connectivity index (χ4v) is 2.17. The van der Waals surface area contributed by atoms with Crippen LogP contribution in [0, 0.1) is 0 Å². The Morgan fingerprint density at radius 1 is 1.38 bits per heavy atom. The number of rotatable bonds is 2. The summed E-state index contributed by atoms with van der Waals surface area (Å²) in [5.74, 6) is -0.118. The molecule has 4 heteroatoms. The predicted octanol–water partition coefficient (Wildman–Crippen LogP) is 2.72. The second-order valence-electron chi connectivity index (χ2n) is 4.12. The zero-order chi connectivity index (χ0) is 11.5. The van der Waals surface area contributed by atoms with Gasteiger partial charge >= 0.3 is 0 Å².